The van der Waals surface area contributed by atoms with Gasteiger partial charge in [0.1, 0.15) is 17.6 Å². The Hall–Kier alpha value is -1.30. The maximum absolute atomic E-state index is 10.2. The van der Waals surface area contributed by atoms with Crippen LogP contribution in [-0.2, 0) is 9.47 Å². The average molecular weight is 282 g/mol. The molecule has 1 aromatic carbocycles. The van der Waals surface area contributed by atoms with Crippen molar-refractivity contribution >= 4 is 0 Å². The predicted molar refractivity (Wildman–Crippen MR) is 74.3 cm³/mol. The van der Waals surface area contributed by atoms with Gasteiger partial charge in [0.25, 0.3) is 0 Å². The SMILES string of the molecule is COc1ccc(C(O)COC2CCOCC2)c(OC)c1. The van der Waals surface area contributed by atoms with Crippen LogP contribution in [0.2, 0.25) is 0 Å². The third-order valence-corrected chi connectivity index (χ3v) is 3.46. The molecule has 0 radical (unpaired) electrons. The second kappa shape index (κ2) is 7.47. The van der Waals surface area contributed by atoms with E-state index in [0.717, 1.165) is 26.1 Å². The van der Waals surface area contributed by atoms with Crippen LogP contribution in [0.4, 0.5) is 0 Å². The van der Waals surface area contributed by atoms with Crippen molar-refractivity contribution in [1.29, 1.82) is 0 Å². The second-order valence-electron chi connectivity index (χ2n) is 4.77. The summed E-state index contributed by atoms with van der Waals surface area (Å²) in [7, 11) is 3.17. The number of ether oxygens (including phenoxy) is 4. The summed E-state index contributed by atoms with van der Waals surface area (Å²) in [6.07, 6.45) is 1.22. The Labute approximate surface area is 119 Å². The lowest BCUT2D eigenvalue weighted by atomic mass is 10.1. The largest absolute Gasteiger partial charge is 0.497 e. The normalized spacial score (nSPS) is 17.8. The highest BCUT2D eigenvalue weighted by Gasteiger charge is 2.19. The zero-order valence-corrected chi connectivity index (χ0v) is 12.0. The first-order chi connectivity index (χ1) is 9.74. The molecule has 1 aliphatic rings. The highest BCUT2D eigenvalue weighted by atomic mass is 16.5. The fourth-order valence-corrected chi connectivity index (χ4v) is 2.25. The van der Waals surface area contributed by atoms with E-state index in [1.54, 1.807) is 32.4 Å². The molecule has 5 nitrogen and oxygen atoms in total. The molecule has 1 aliphatic heterocycles. The van der Waals surface area contributed by atoms with E-state index >= 15 is 0 Å². The van der Waals surface area contributed by atoms with E-state index < -0.39 is 6.10 Å². The van der Waals surface area contributed by atoms with Crippen molar-refractivity contribution in [2.75, 3.05) is 34.0 Å². The van der Waals surface area contributed by atoms with E-state index in [1.807, 2.05) is 0 Å². The van der Waals surface area contributed by atoms with E-state index in [-0.39, 0.29) is 12.7 Å². The Morgan fingerprint density at radius 2 is 2.00 bits per heavy atom. The van der Waals surface area contributed by atoms with Gasteiger partial charge in [-0.15, -0.1) is 0 Å². The molecule has 5 heteroatoms. The van der Waals surface area contributed by atoms with Crippen molar-refractivity contribution in [3.63, 3.8) is 0 Å². The molecule has 0 saturated carbocycles. The first-order valence-corrected chi connectivity index (χ1v) is 6.84. The first-order valence-electron chi connectivity index (χ1n) is 6.84. The maximum Gasteiger partial charge on any atom is 0.128 e. The minimum absolute atomic E-state index is 0.169. The number of hydrogen-bond donors (Lipinski definition) is 1. The van der Waals surface area contributed by atoms with Crippen molar-refractivity contribution in [2.45, 2.75) is 25.0 Å². The minimum atomic E-state index is -0.710. The summed E-state index contributed by atoms with van der Waals surface area (Å²) in [5.41, 5.74) is 0.709. The average Bonchev–Trinajstić information content (AvgIpc) is 2.52. The summed E-state index contributed by atoms with van der Waals surface area (Å²) in [5, 5.41) is 10.2. The zero-order valence-electron chi connectivity index (χ0n) is 12.0. The number of rotatable bonds is 6. The smallest absolute Gasteiger partial charge is 0.128 e. The van der Waals surface area contributed by atoms with Gasteiger partial charge in [0.15, 0.2) is 0 Å². The lowest BCUT2D eigenvalue weighted by Crippen LogP contribution is -2.25. The van der Waals surface area contributed by atoms with E-state index in [2.05, 4.69) is 0 Å². The van der Waals surface area contributed by atoms with Crippen LogP contribution in [0.3, 0.4) is 0 Å². The fourth-order valence-electron chi connectivity index (χ4n) is 2.25. The zero-order chi connectivity index (χ0) is 14.4. The molecule has 20 heavy (non-hydrogen) atoms. The molecular weight excluding hydrogens is 260 g/mol. The summed E-state index contributed by atoms with van der Waals surface area (Å²) >= 11 is 0. The van der Waals surface area contributed by atoms with Crippen molar-refractivity contribution in [3.05, 3.63) is 23.8 Å². The molecule has 112 valence electrons. The molecule has 1 unspecified atom stereocenters. The van der Waals surface area contributed by atoms with Gasteiger partial charge >= 0.3 is 0 Å². The number of aliphatic hydroxyl groups excluding tert-OH is 1. The summed E-state index contributed by atoms with van der Waals surface area (Å²) < 4.78 is 21.4. The lowest BCUT2D eigenvalue weighted by Gasteiger charge is -2.24. The molecule has 1 fully saturated rings. The number of benzene rings is 1. The summed E-state index contributed by atoms with van der Waals surface area (Å²) in [5.74, 6) is 1.30. The maximum atomic E-state index is 10.2. The van der Waals surface area contributed by atoms with Gasteiger partial charge in [-0.05, 0) is 25.0 Å². The molecule has 0 amide bonds. The Morgan fingerprint density at radius 1 is 1.25 bits per heavy atom. The molecular formula is C15H22O5. The molecule has 1 saturated heterocycles. The Morgan fingerprint density at radius 3 is 2.65 bits per heavy atom. The standard InChI is InChI=1S/C15H22O5/c1-17-12-3-4-13(15(9-12)18-2)14(16)10-20-11-5-7-19-8-6-11/h3-4,9,11,14,16H,5-8,10H2,1-2H3. The van der Waals surface area contributed by atoms with Crippen LogP contribution >= 0.6 is 0 Å². The van der Waals surface area contributed by atoms with Crippen LogP contribution in [-0.4, -0.2) is 45.3 Å². The van der Waals surface area contributed by atoms with Gasteiger partial charge < -0.3 is 24.1 Å². The predicted octanol–water partition coefficient (Wildman–Crippen LogP) is 1.93. The summed E-state index contributed by atoms with van der Waals surface area (Å²) in [4.78, 5) is 0. The molecule has 1 aromatic rings. The van der Waals surface area contributed by atoms with Crippen LogP contribution < -0.4 is 9.47 Å². The van der Waals surface area contributed by atoms with Crippen LogP contribution in [0.5, 0.6) is 11.5 Å². The molecule has 1 N–H and O–H groups in total. The van der Waals surface area contributed by atoms with Gasteiger partial charge in [0, 0.05) is 24.8 Å². The van der Waals surface area contributed by atoms with E-state index in [4.69, 9.17) is 18.9 Å². The molecule has 2 rings (SSSR count). The van der Waals surface area contributed by atoms with Crippen LogP contribution in [0.1, 0.15) is 24.5 Å². The fraction of sp³-hybridized carbons (Fsp3) is 0.600. The lowest BCUT2D eigenvalue weighted by molar-refractivity contribution is -0.0601. The summed E-state index contributed by atoms with van der Waals surface area (Å²) in [6, 6.07) is 5.36. The molecule has 0 spiro atoms. The monoisotopic (exact) mass is 282 g/mol. The molecule has 0 bridgehead atoms. The Bertz CT molecular complexity index is 415. The van der Waals surface area contributed by atoms with Crippen molar-refractivity contribution in [3.8, 4) is 11.5 Å². The van der Waals surface area contributed by atoms with Crippen LogP contribution in [0, 0.1) is 0 Å². The van der Waals surface area contributed by atoms with E-state index in [9.17, 15) is 5.11 Å². The Kier molecular flexibility index (Phi) is 5.64. The quantitative estimate of drug-likeness (QED) is 0.864. The van der Waals surface area contributed by atoms with Crippen molar-refractivity contribution < 1.29 is 24.1 Å². The molecule has 0 aromatic heterocycles. The van der Waals surface area contributed by atoms with E-state index in [0.29, 0.717) is 17.1 Å². The second-order valence-corrected chi connectivity index (χ2v) is 4.77. The highest BCUT2D eigenvalue weighted by molar-refractivity contribution is 5.41. The number of methoxy groups -OCH3 is 2. The third kappa shape index (κ3) is 3.85. The Balaban J connectivity index is 1.95. The topological polar surface area (TPSA) is 57.2 Å². The minimum Gasteiger partial charge on any atom is -0.497 e. The van der Waals surface area contributed by atoms with Crippen LogP contribution in [0.15, 0.2) is 18.2 Å². The van der Waals surface area contributed by atoms with Gasteiger partial charge in [0.05, 0.1) is 26.9 Å². The van der Waals surface area contributed by atoms with Crippen molar-refractivity contribution in [1.82, 2.24) is 0 Å². The number of hydrogen-bond acceptors (Lipinski definition) is 5. The van der Waals surface area contributed by atoms with Gasteiger partial charge in [-0.1, -0.05) is 0 Å². The molecule has 1 heterocycles. The number of aliphatic hydroxyl groups is 1. The van der Waals surface area contributed by atoms with Crippen molar-refractivity contribution in [2.24, 2.45) is 0 Å². The van der Waals surface area contributed by atoms with Gasteiger partial charge in [0.2, 0.25) is 0 Å². The third-order valence-electron chi connectivity index (χ3n) is 3.46. The van der Waals surface area contributed by atoms with Gasteiger partial charge in [-0.3, -0.25) is 0 Å². The van der Waals surface area contributed by atoms with Gasteiger partial charge in [-0.2, -0.15) is 0 Å². The van der Waals surface area contributed by atoms with Gasteiger partial charge in [-0.25, -0.2) is 0 Å². The molecule has 0 aliphatic carbocycles. The van der Waals surface area contributed by atoms with Crippen LogP contribution in [0.25, 0.3) is 0 Å². The summed E-state index contributed by atoms with van der Waals surface area (Å²) in [6.45, 7) is 1.71. The van der Waals surface area contributed by atoms with E-state index in [1.165, 1.54) is 0 Å². The first kappa shape index (κ1) is 15.1. The highest BCUT2D eigenvalue weighted by Crippen LogP contribution is 2.30. The molecule has 1 atom stereocenters.